The molecule has 0 saturated carbocycles. The van der Waals surface area contributed by atoms with Gasteiger partial charge in [-0.3, -0.25) is 9.59 Å². The predicted molar refractivity (Wildman–Crippen MR) is 134 cm³/mol. The van der Waals surface area contributed by atoms with Crippen LogP contribution in [-0.2, 0) is 16.2 Å². The van der Waals surface area contributed by atoms with E-state index in [1.54, 1.807) is 0 Å². The molecule has 0 spiro atoms. The number of allylic oxidation sites excluding steroid dienone is 1. The fraction of sp³-hybridized carbons (Fsp3) is 0.407. The van der Waals surface area contributed by atoms with Gasteiger partial charge < -0.3 is 20.7 Å². The van der Waals surface area contributed by atoms with E-state index in [4.69, 9.17) is 10.5 Å². The highest BCUT2D eigenvalue weighted by molar-refractivity contribution is 5.78. The zero-order valence-corrected chi connectivity index (χ0v) is 20.2. The number of primary amides is 1. The van der Waals surface area contributed by atoms with E-state index in [0.29, 0.717) is 13.2 Å². The van der Waals surface area contributed by atoms with Crippen molar-refractivity contribution >= 4 is 17.5 Å². The number of anilines is 1. The second-order valence-electron chi connectivity index (χ2n) is 8.90. The van der Waals surface area contributed by atoms with Gasteiger partial charge in [0.05, 0.1) is 0 Å². The average molecular weight is 452 g/mol. The maximum atomic E-state index is 12.4. The molecular weight excluding hydrogens is 414 g/mol. The Bertz CT molecular complexity index is 906. The summed E-state index contributed by atoms with van der Waals surface area (Å²) in [5, 5.41) is 3.04. The van der Waals surface area contributed by atoms with Gasteiger partial charge in [-0.1, -0.05) is 48.9 Å². The first kappa shape index (κ1) is 26.0. The quantitative estimate of drug-likeness (QED) is 0.441. The molecule has 2 rings (SSSR count). The van der Waals surface area contributed by atoms with E-state index in [0.717, 1.165) is 23.5 Å². The molecule has 2 amide bonds. The first-order valence-electron chi connectivity index (χ1n) is 11.5. The van der Waals surface area contributed by atoms with Gasteiger partial charge in [-0.2, -0.15) is 0 Å². The number of nitrogens with one attached hydrogen (secondary N) is 1. The number of carbonyl (C=O) groups is 2. The Morgan fingerprint density at radius 2 is 1.70 bits per heavy atom. The van der Waals surface area contributed by atoms with Crippen LogP contribution in [0.1, 0.15) is 46.1 Å². The number of rotatable bonds is 13. The number of nitrogens with two attached hydrogens (primary N) is 1. The van der Waals surface area contributed by atoms with E-state index in [1.165, 1.54) is 5.57 Å². The lowest BCUT2D eigenvalue weighted by atomic mass is 10.0. The Morgan fingerprint density at radius 1 is 1.03 bits per heavy atom. The molecule has 0 fully saturated rings. The molecule has 0 aliphatic carbocycles. The van der Waals surface area contributed by atoms with Crippen molar-refractivity contribution < 1.29 is 14.3 Å². The molecule has 178 valence electrons. The minimum Gasteiger partial charge on any atom is -0.489 e. The Morgan fingerprint density at radius 3 is 2.30 bits per heavy atom. The van der Waals surface area contributed by atoms with Crippen molar-refractivity contribution in [1.29, 1.82) is 0 Å². The molecule has 2 aromatic carbocycles. The molecule has 6 heteroatoms. The molecule has 2 aromatic rings. The molecule has 0 saturated heterocycles. The van der Waals surface area contributed by atoms with Crippen molar-refractivity contribution in [2.24, 2.45) is 11.7 Å². The number of nitrogens with zero attached hydrogens (tertiary/aromatic N) is 1. The van der Waals surface area contributed by atoms with Crippen LogP contribution >= 0.6 is 0 Å². The summed E-state index contributed by atoms with van der Waals surface area (Å²) in [5.41, 5.74) is 8.65. The van der Waals surface area contributed by atoms with Crippen LogP contribution in [0.25, 0.3) is 0 Å². The van der Waals surface area contributed by atoms with Crippen molar-refractivity contribution in [3.63, 3.8) is 0 Å². The number of ether oxygens (including phenoxy) is 1. The Labute approximate surface area is 197 Å². The fourth-order valence-corrected chi connectivity index (χ4v) is 3.51. The van der Waals surface area contributed by atoms with Gasteiger partial charge in [0, 0.05) is 37.7 Å². The third-order valence-electron chi connectivity index (χ3n) is 5.16. The zero-order chi connectivity index (χ0) is 24.2. The van der Waals surface area contributed by atoms with Crippen LogP contribution < -0.4 is 20.7 Å². The highest BCUT2D eigenvalue weighted by Crippen LogP contribution is 2.21. The van der Waals surface area contributed by atoms with E-state index in [2.05, 4.69) is 30.1 Å². The van der Waals surface area contributed by atoms with Crippen LogP contribution in [-0.4, -0.2) is 30.9 Å². The smallest absolute Gasteiger partial charge is 0.220 e. The van der Waals surface area contributed by atoms with E-state index in [-0.39, 0.29) is 36.6 Å². The molecule has 0 bridgehead atoms. The maximum Gasteiger partial charge on any atom is 0.220 e. The van der Waals surface area contributed by atoms with Crippen molar-refractivity contribution in [3.8, 4) is 5.75 Å². The summed E-state index contributed by atoms with van der Waals surface area (Å²) in [5.74, 6) is 0.296. The van der Waals surface area contributed by atoms with E-state index in [1.807, 2.05) is 68.4 Å². The van der Waals surface area contributed by atoms with Gasteiger partial charge in [-0.05, 0) is 56.5 Å². The van der Waals surface area contributed by atoms with Crippen molar-refractivity contribution in [3.05, 3.63) is 71.8 Å². The maximum absolute atomic E-state index is 12.4. The molecule has 33 heavy (non-hydrogen) atoms. The van der Waals surface area contributed by atoms with Gasteiger partial charge >= 0.3 is 0 Å². The largest absolute Gasteiger partial charge is 0.489 e. The number of carbonyl (C=O) groups excluding carboxylic acids is 2. The molecule has 0 radical (unpaired) electrons. The number of hydrogen-bond donors (Lipinski definition) is 2. The van der Waals surface area contributed by atoms with Gasteiger partial charge in [0.25, 0.3) is 0 Å². The molecule has 0 aromatic heterocycles. The Balaban J connectivity index is 1.97. The van der Waals surface area contributed by atoms with E-state index >= 15 is 0 Å². The summed E-state index contributed by atoms with van der Waals surface area (Å²) in [7, 11) is 0. The predicted octanol–water partition coefficient (Wildman–Crippen LogP) is 4.44. The lowest BCUT2D eigenvalue weighted by Crippen LogP contribution is -2.42. The van der Waals surface area contributed by atoms with Crippen LogP contribution in [0.3, 0.4) is 0 Å². The third-order valence-corrected chi connectivity index (χ3v) is 5.16. The number of amides is 2. The first-order chi connectivity index (χ1) is 15.7. The van der Waals surface area contributed by atoms with Crippen LogP contribution in [0, 0.1) is 5.92 Å². The molecule has 6 nitrogen and oxygen atoms in total. The lowest BCUT2D eigenvalue weighted by molar-refractivity contribution is -0.123. The fourth-order valence-electron chi connectivity index (χ4n) is 3.51. The van der Waals surface area contributed by atoms with Crippen LogP contribution in [0.2, 0.25) is 0 Å². The standard InChI is InChI=1S/C27H37N3O3/c1-20(2)14-15-30(18-22(4)29-27(32)17-21(3)16-26(28)31)24-10-12-25(13-11-24)33-19-23-8-6-5-7-9-23/h5-14,21-22H,15-19H2,1-4H3,(H2,28,31)(H,29,32). The number of benzene rings is 2. The van der Waals surface area contributed by atoms with Crippen molar-refractivity contribution in [2.45, 2.75) is 53.2 Å². The van der Waals surface area contributed by atoms with Gasteiger partial charge in [-0.15, -0.1) is 0 Å². The molecule has 0 aliphatic rings. The normalized spacial score (nSPS) is 12.4. The molecule has 2 unspecified atom stereocenters. The summed E-state index contributed by atoms with van der Waals surface area (Å²) in [4.78, 5) is 25.6. The zero-order valence-electron chi connectivity index (χ0n) is 20.2. The molecule has 3 N–H and O–H groups in total. The molecule has 0 aliphatic heterocycles. The van der Waals surface area contributed by atoms with Crippen molar-refractivity contribution in [1.82, 2.24) is 5.32 Å². The first-order valence-corrected chi connectivity index (χ1v) is 11.5. The highest BCUT2D eigenvalue weighted by atomic mass is 16.5. The third kappa shape index (κ3) is 10.3. The second-order valence-corrected chi connectivity index (χ2v) is 8.90. The van der Waals surface area contributed by atoms with Gasteiger partial charge in [0.1, 0.15) is 12.4 Å². The summed E-state index contributed by atoms with van der Waals surface area (Å²) in [6.45, 7) is 9.92. The topological polar surface area (TPSA) is 84.7 Å². The summed E-state index contributed by atoms with van der Waals surface area (Å²) in [6, 6.07) is 18.1. The van der Waals surface area contributed by atoms with Crippen molar-refractivity contribution in [2.75, 3.05) is 18.0 Å². The lowest BCUT2D eigenvalue weighted by Gasteiger charge is -2.28. The summed E-state index contributed by atoms with van der Waals surface area (Å²) < 4.78 is 5.90. The van der Waals surface area contributed by atoms with Crippen LogP contribution in [0.5, 0.6) is 5.75 Å². The minimum atomic E-state index is -0.382. The van der Waals surface area contributed by atoms with E-state index in [9.17, 15) is 9.59 Å². The SMILES string of the molecule is CC(C)=CCN(CC(C)NC(=O)CC(C)CC(N)=O)c1ccc(OCc2ccccc2)cc1. The number of hydrogen-bond acceptors (Lipinski definition) is 4. The molecular formula is C27H37N3O3. The molecule has 0 heterocycles. The minimum absolute atomic E-state index is 0.0575. The van der Waals surface area contributed by atoms with Gasteiger partial charge in [-0.25, -0.2) is 0 Å². The highest BCUT2D eigenvalue weighted by Gasteiger charge is 2.16. The average Bonchev–Trinajstić information content (AvgIpc) is 2.75. The Kier molecular flexibility index (Phi) is 10.5. The summed E-state index contributed by atoms with van der Waals surface area (Å²) in [6.07, 6.45) is 2.67. The summed E-state index contributed by atoms with van der Waals surface area (Å²) >= 11 is 0. The molecule has 2 atom stereocenters. The van der Waals surface area contributed by atoms with Gasteiger partial charge in [0.15, 0.2) is 0 Å². The Hall–Kier alpha value is -3.28. The second kappa shape index (κ2) is 13.3. The van der Waals surface area contributed by atoms with Crippen LogP contribution in [0.4, 0.5) is 5.69 Å². The van der Waals surface area contributed by atoms with Gasteiger partial charge in [0.2, 0.25) is 11.8 Å². The van der Waals surface area contributed by atoms with E-state index < -0.39 is 0 Å². The monoisotopic (exact) mass is 451 g/mol. The van der Waals surface area contributed by atoms with Crippen LogP contribution in [0.15, 0.2) is 66.2 Å².